The van der Waals surface area contributed by atoms with Gasteiger partial charge in [-0.25, -0.2) is 0 Å². The lowest BCUT2D eigenvalue weighted by atomic mass is 10.2. The van der Waals surface area contributed by atoms with Crippen molar-refractivity contribution in [2.24, 2.45) is 0 Å². The quantitative estimate of drug-likeness (QED) is 0.865. The molecule has 1 aromatic carbocycles. The molecule has 0 aliphatic carbocycles. The Hall–Kier alpha value is -1.39. The summed E-state index contributed by atoms with van der Waals surface area (Å²) in [6, 6.07) is 5.42. The number of carbonyl (C=O) groups excluding carboxylic acids is 1. The van der Waals surface area contributed by atoms with Crippen molar-refractivity contribution in [3.05, 3.63) is 28.9 Å². The summed E-state index contributed by atoms with van der Waals surface area (Å²) < 4.78 is 6.49. The van der Waals surface area contributed by atoms with Crippen LogP contribution in [0.1, 0.15) is 5.69 Å². The van der Waals surface area contributed by atoms with Crippen molar-refractivity contribution in [2.45, 2.75) is 13.5 Å². The number of hydrogen-bond acceptors (Lipinski definition) is 3. The molecule has 2 aromatic rings. The summed E-state index contributed by atoms with van der Waals surface area (Å²) >= 11 is 5.93. The van der Waals surface area contributed by atoms with Crippen LogP contribution in [0.3, 0.4) is 0 Å². The molecule has 6 heteroatoms. The van der Waals surface area contributed by atoms with E-state index in [-0.39, 0.29) is 24.9 Å². The van der Waals surface area contributed by atoms with E-state index in [1.807, 2.05) is 17.6 Å². The van der Waals surface area contributed by atoms with Gasteiger partial charge in [0.15, 0.2) is 0 Å². The van der Waals surface area contributed by atoms with Crippen LogP contribution in [-0.2, 0) is 16.1 Å². The number of esters is 1. The zero-order chi connectivity index (χ0) is 12.6. The number of nitrogens with zero attached hydrogens (tertiary/aromatic N) is 1. The molecule has 0 unspecified atom stereocenters. The van der Waals surface area contributed by atoms with Crippen LogP contribution in [0.4, 0.5) is 5.69 Å². The van der Waals surface area contributed by atoms with Gasteiger partial charge in [0.05, 0.1) is 18.3 Å². The molecule has 0 saturated heterocycles. The summed E-state index contributed by atoms with van der Waals surface area (Å²) in [6.45, 7) is 2.02. The highest BCUT2D eigenvalue weighted by molar-refractivity contribution is 6.31. The van der Waals surface area contributed by atoms with Crippen LogP contribution in [0, 0.1) is 6.92 Å². The smallest absolute Gasteiger partial charge is 0.325 e. The molecule has 1 aromatic heterocycles. The molecule has 0 amide bonds. The number of nitrogen functional groups attached to an aromatic ring is 1. The van der Waals surface area contributed by atoms with Gasteiger partial charge in [0.2, 0.25) is 0 Å². The van der Waals surface area contributed by atoms with E-state index in [2.05, 4.69) is 4.74 Å². The van der Waals surface area contributed by atoms with E-state index in [0.717, 1.165) is 16.6 Å². The van der Waals surface area contributed by atoms with Gasteiger partial charge in [0.25, 0.3) is 0 Å². The second-order valence-electron chi connectivity index (χ2n) is 3.82. The molecule has 2 rings (SSSR count). The average molecular weight is 289 g/mol. The van der Waals surface area contributed by atoms with Crippen molar-refractivity contribution in [2.75, 3.05) is 12.8 Å². The molecule has 98 valence electrons. The molecule has 0 fully saturated rings. The lowest BCUT2D eigenvalue weighted by Crippen LogP contribution is -2.12. The van der Waals surface area contributed by atoms with Crippen molar-refractivity contribution in [3.63, 3.8) is 0 Å². The number of ether oxygens (including phenoxy) is 1. The van der Waals surface area contributed by atoms with Crippen LogP contribution in [0.2, 0.25) is 5.02 Å². The van der Waals surface area contributed by atoms with Gasteiger partial charge < -0.3 is 15.0 Å². The summed E-state index contributed by atoms with van der Waals surface area (Å²) in [5.74, 6) is -0.306. The van der Waals surface area contributed by atoms with Crippen molar-refractivity contribution >= 4 is 46.6 Å². The molecular formula is C12H14Cl2N2O2. The Labute approximate surface area is 116 Å². The molecule has 4 nitrogen and oxygen atoms in total. The Morgan fingerprint density at radius 2 is 2.17 bits per heavy atom. The number of methoxy groups -OCH3 is 1. The first-order valence-electron chi connectivity index (χ1n) is 5.15. The number of fused-ring (bicyclic) bond motifs is 1. The summed E-state index contributed by atoms with van der Waals surface area (Å²) in [5, 5.41) is 1.48. The van der Waals surface area contributed by atoms with E-state index in [1.54, 1.807) is 12.1 Å². The summed E-state index contributed by atoms with van der Waals surface area (Å²) in [5.41, 5.74) is 8.36. The predicted octanol–water partition coefficient (Wildman–Crippen LogP) is 2.78. The fourth-order valence-corrected chi connectivity index (χ4v) is 2.05. The number of halogens is 2. The third-order valence-electron chi connectivity index (χ3n) is 2.85. The molecule has 0 spiro atoms. The fourth-order valence-electron chi connectivity index (χ4n) is 1.88. The maximum absolute atomic E-state index is 11.3. The SMILES string of the molecule is COC(=O)Cn1c(C)c(N)c2cc(Cl)ccc21.Cl. The maximum Gasteiger partial charge on any atom is 0.325 e. The molecule has 0 aliphatic heterocycles. The van der Waals surface area contributed by atoms with Crippen LogP contribution in [0.25, 0.3) is 10.9 Å². The minimum atomic E-state index is -0.306. The van der Waals surface area contributed by atoms with Gasteiger partial charge in [-0.2, -0.15) is 0 Å². The molecule has 0 radical (unpaired) electrons. The van der Waals surface area contributed by atoms with Gasteiger partial charge in [-0.3, -0.25) is 4.79 Å². The summed E-state index contributed by atoms with van der Waals surface area (Å²) in [7, 11) is 1.36. The molecule has 0 saturated carbocycles. The number of rotatable bonds is 2. The topological polar surface area (TPSA) is 57.2 Å². The number of aromatic nitrogens is 1. The Morgan fingerprint density at radius 3 is 2.78 bits per heavy atom. The summed E-state index contributed by atoms with van der Waals surface area (Å²) in [4.78, 5) is 11.3. The van der Waals surface area contributed by atoms with Crippen LogP contribution < -0.4 is 5.73 Å². The fraction of sp³-hybridized carbons (Fsp3) is 0.250. The maximum atomic E-state index is 11.3. The monoisotopic (exact) mass is 288 g/mol. The highest BCUT2D eigenvalue weighted by atomic mass is 35.5. The molecule has 0 atom stereocenters. The minimum Gasteiger partial charge on any atom is -0.468 e. The van der Waals surface area contributed by atoms with Crippen LogP contribution in [0.5, 0.6) is 0 Å². The van der Waals surface area contributed by atoms with E-state index in [4.69, 9.17) is 17.3 Å². The van der Waals surface area contributed by atoms with E-state index in [0.29, 0.717) is 10.7 Å². The zero-order valence-electron chi connectivity index (χ0n) is 10.1. The molecule has 18 heavy (non-hydrogen) atoms. The highest BCUT2D eigenvalue weighted by Crippen LogP contribution is 2.30. The number of anilines is 1. The molecular weight excluding hydrogens is 275 g/mol. The van der Waals surface area contributed by atoms with Crippen LogP contribution >= 0.6 is 24.0 Å². The van der Waals surface area contributed by atoms with E-state index in [1.165, 1.54) is 7.11 Å². The van der Waals surface area contributed by atoms with Crippen molar-refractivity contribution in [1.29, 1.82) is 0 Å². The van der Waals surface area contributed by atoms with Crippen LogP contribution in [0.15, 0.2) is 18.2 Å². The first-order chi connectivity index (χ1) is 8.04. The number of hydrogen-bond donors (Lipinski definition) is 1. The lowest BCUT2D eigenvalue weighted by Gasteiger charge is -2.06. The number of nitrogens with two attached hydrogens (primary N) is 1. The zero-order valence-corrected chi connectivity index (χ0v) is 11.6. The average Bonchev–Trinajstić information content (AvgIpc) is 2.54. The Kier molecular flexibility index (Phi) is 4.48. The van der Waals surface area contributed by atoms with Crippen LogP contribution in [-0.4, -0.2) is 17.6 Å². The second-order valence-corrected chi connectivity index (χ2v) is 4.26. The van der Waals surface area contributed by atoms with Crippen molar-refractivity contribution < 1.29 is 9.53 Å². The lowest BCUT2D eigenvalue weighted by molar-refractivity contribution is -0.141. The Balaban J connectivity index is 0.00000162. The highest BCUT2D eigenvalue weighted by Gasteiger charge is 2.14. The predicted molar refractivity (Wildman–Crippen MR) is 75.4 cm³/mol. The van der Waals surface area contributed by atoms with Crippen molar-refractivity contribution in [3.8, 4) is 0 Å². The standard InChI is InChI=1S/C12H13ClN2O2.ClH/c1-7-12(14)9-5-8(13)3-4-10(9)15(7)6-11(16)17-2;/h3-5H,6,14H2,1-2H3;1H. The molecule has 0 aliphatic rings. The van der Waals surface area contributed by atoms with E-state index in [9.17, 15) is 4.79 Å². The van der Waals surface area contributed by atoms with Gasteiger partial charge in [0.1, 0.15) is 6.54 Å². The Morgan fingerprint density at radius 1 is 1.50 bits per heavy atom. The number of benzene rings is 1. The Bertz CT molecular complexity index is 593. The third kappa shape index (κ3) is 2.40. The normalized spacial score (nSPS) is 10.2. The van der Waals surface area contributed by atoms with Gasteiger partial charge in [-0.15, -0.1) is 12.4 Å². The van der Waals surface area contributed by atoms with Gasteiger partial charge in [-0.1, -0.05) is 11.6 Å². The molecule has 0 bridgehead atoms. The third-order valence-corrected chi connectivity index (χ3v) is 3.08. The van der Waals surface area contributed by atoms with Gasteiger partial charge >= 0.3 is 5.97 Å². The number of carbonyl (C=O) groups is 1. The largest absolute Gasteiger partial charge is 0.468 e. The van der Waals surface area contributed by atoms with Gasteiger partial charge in [-0.05, 0) is 25.1 Å². The molecule has 2 N–H and O–H groups in total. The second kappa shape index (κ2) is 5.50. The molecule has 1 heterocycles. The first kappa shape index (κ1) is 14.7. The summed E-state index contributed by atoms with van der Waals surface area (Å²) in [6.07, 6.45) is 0. The van der Waals surface area contributed by atoms with E-state index < -0.39 is 0 Å². The van der Waals surface area contributed by atoms with E-state index >= 15 is 0 Å². The minimum absolute atomic E-state index is 0. The van der Waals surface area contributed by atoms with Gasteiger partial charge in [0, 0.05) is 16.1 Å². The first-order valence-corrected chi connectivity index (χ1v) is 5.53. The van der Waals surface area contributed by atoms with Crippen molar-refractivity contribution in [1.82, 2.24) is 4.57 Å².